The highest BCUT2D eigenvalue weighted by Gasteiger charge is 2.26. The topological polar surface area (TPSA) is 39.9 Å². The maximum Gasteiger partial charge on any atom is 0.217 e. The highest BCUT2D eigenvalue weighted by atomic mass is 79.9. The third-order valence-electron chi connectivity index (χ3n) is 3.32. The minimum absolute atomic E-state index is 0.327. The summed E-state index contributed by atoms with van der Waals surface area (Å²) in [7, 11) is 0. The zero-order chi connectivity index (χ0) is 15.0. The molecular weight excluding hydrogens is 351 g/mol. The van der Waals surface area contributed by atoms with Gasteiger partial charge in [0.1, 0.15) is 0 Å². The van der Waals surface area contributed by atoms with E-state index in [2.05, 4.69) is 26.0 Å². The number of ether oxygens (including phenoxy) is 1. The van der Waals surface area contributed by atoms with Gasteiger partial charge in [-0.25, -0.2) is 18.4 Å². The second-order valence-corrected chi connectivity index (χ2v) is 5.45. The van der Waals surface area contributed by atoms with Crippen LogP contribution in [0.3, 0.4) is 0 Å². The van der Waals surface area contributed by atoms with Crippen molar-refractivity contribution in [2.75, 3.05) is 0 Å². The fourth-order valence-corrected chi connectivity index (χ4v) is 2.69. The molecule has 0 saturated heterocycles. The summed E-state index contributed by atoms with van der Waals surface area (Å²) < 4.78 is 47.5. The fraction of sp³-hybridized carbons (Fsp3) is 0.385. The number of benzene rings is 1. The molecule has 0 bridgehead atoms. The Morgan fingerprint density at radius 1 is 1.19 bits per heavy atom. The highest BCUT2D eigenvalue weighted by Crippen LogP contribution is 2.31. The van der Waals surface area contributed by atoms with Crippen LogP contribution in [0.4, 0.5) is 13.2 Å². The van der Waals surface area contributed by atoms with Crippen LogP contribution in [0.15, 0.2) is 16.9 Å². The Labute approximate surface area is 127 Å². The first kappa shape index (κ1) is 14.4. The zero-order valence-electron chi connectivity index (χ0n) is 10.8. The van der Waals surface area contributed by atoms with E-state index in [4.69, 9.17) is 4.74 Å². The van der Waals surface area contributed by atoms with E-state index in [1.54, 1.807) is 4.68 Å². The summed E-state index contributed by atoms with van der Waals surface area (Å²) in [6.07, 6.45) is 1.79. The van der Waals surface area contributed by atoms with Crippen LogP contribution in [0.5, 0.6) is 5.75 Å². The van der Waals surface area contributed by atoms with E-state index in [9.17, 15) is 13.2 Å². The number of aryl methyl sites for hydroxylation is 1. The molecule has 4 nitrogen and oxygen atoms in total. The van der Waals surface area contributed by atoms with Crippen LogP contribution in [0.1, 0.15) is 31.2 Å². The van der Waals surface area contributed by atoms with Gasteiger partial charge >= 0.3 is 0 Å². The van der Waals surface area contributed by atoms with E-state index in [-0.39, 0.29) is 5.75 Å². The van der Waals surface area contributed by atoms with Crippen LogP contribution >= 0.6 is 15.9 Å². The number of nitrogens with zero attached hydrogens (tertiary/aromatic N) is 3. The minimum atomic E-state index is -1.54. The molecule has 0 N–H and O–H groups in total. The van der Waals surface area contributed by atoms with Gasteiger partial charge in [0.15, 0.2) is 29.3 Å². The molecular formula is C13H11BrF3N3O. The molecule has 3 rings (SSSR count). The van der Waals surface area contributed by atoms with E-state index in [0.717, 1.165) is 25.0 Å². The molecule has 2 heterocycles. The Morgan fingerprint density at radius 3 is 2.81 bits per heavy atom. The lowest BCUT2D eigenvalue weighted by Crippen LogP contribution is -2.14. The first-order valence-electron chi connectivity index (χ1n) is 6.46. The minimum Gasteiger partial charge on any atom is -0.479 e. The molecule has 1 aromatic carbocycles. The van der Waals surface area contributed by atoms with Crippen molar-refractivity contribution in [2.45, 2.75) is 31.9 Å². The second kappa shape index (κ2) is 5.67. The number of hydrogen-bond acceptors (Lipinski definition) is 3. The largest absolute Gasteiger partial charge is 0.479 e. The van der Waals surface area contributed by atoms with Gasteiger partial charge in [-0.3, -0.25) is 0 Å². The maximum absolute atomic E-state index is 13.7. The summed E-state index contributed by atoms with van der Waals surface area (Å²) in [4.78, 5) is 4.21. The van der Waals surface area contributed by atoms with E-state index < -0.39 is 23.6 Å². The molecule has 112 valence electrons. The van der Waals surface area contributed by atoms with Gasteiger partial charge in [-0.1, -0.05) is 0 Å². The Kier molecular flexibility index (Phi) is 3.88. The molecule has 1 atom stereocenters. The van der Waals surface area contributed by atoms with Gasteiger partial charge in [0, 0.05) is 6.54 Å². The standard InChI is InChI=1S/C13H11BrF3N3O/c14-13-18-12-9(3-1-2-6-20(12)19-13)21-8-5-4-7(15)10(16)11(8)17/h4-5,9H,1-3,6H2. The van der Waals surface area contributed by atoms with Gasteiger partial charge in [0.05, 0.1) is 0 Å². The molecule has 1 unspecified atom stereocenters. The number of halogens is 4. The highest BCUT2D eigenvalue weighted by molar-refractivity contribution is 9.10. The third-order valence-corrected chi connectivity index (χ3v) is 3.65. The second-order valence-electron chi connectivity index (χ2n) is 4.74. The van der Waals surface area contributed by atoms with Gasteiger partial charge in [-0.05, 0) is 47.3 Å². The van der Waals surface area contributed by atoms with Gasteiger partial charge in [0.25, 0.3) is 0 Å². The summed E-state index contributed by atoms with van der Waals surface area (Å²) in [5, 5.41) is 4.17. The number of hydrogen-bond donors (Lipinski definition) is 0. The summed E-state index contributed by atoms with van der Waals surface area (Å²) in [5.74, 6) is -3.89. The lowest BCUT2D eigenvalue weighted by atomic mass is 10.1. The van der Waals surface area contributed by atoms with Crippen LogP contribution in [0.25, 0.3) is 0 Å². The summed E-state index contributed by atoms with van der Waals surface area (Å²) in [5.41, 5.74) is 0. The van der Waals surface area contributed by atoms with Crippen molar-refractivity contribution in [3.63, 3.8) is 0 Å². The van der Waals surface area contributed by atoms with Gasteiger partial charge < -0.3 is 4.74 Å². The summed E-state index contributed by atoms with van der Waals surface area (Å²) in [6.45, 7) is 0.689. The van der Waals surface area contributed by atoms with Crippen molar-refractivity contribution in [3.05, 3.63) is 40.1 Å². The van der Waals surface area contributed by atoms with Crippen LogP contribution in [0, 0.1) is 17.5 Å². The Hall–Kier alpha value is -1.57. The number of rotatable bonds is 2. The van der Waals surface area contributed by atoms with Crippen LogP contribution in [-0.2, 0) is 6.54 Å². The molecule has 2 aromatic rings. The maximum atomic E-state index is 13.7. The van der Waals surface area contributed by atoms with Crippen molar-refractivity contribution in [3.8, 4) is 5.75 Å². The van der Waals surface area contributed by atoms with E-state index >= 15 is 0 Å². The monoisotopic (exact) mass is 361 g/mol. The number of aromatic nitrogens is 3. The molecule has 1 aliphatic rings. The average molecular weight is 362 g/mol. The Balaban J connectivity index is 1.93. The van der Waals surface area contributed by atoms with Gasteiger partial charge in [-0.15, -0.1) is 5.10 Å². The lowest BCUT2D eigenvalue weighted by Gasteiger charge is -2.17. The fourth-order valence-electron chi connectivity index (χ4n) is 2.31. The van der Waals surface area contributed by atoms with Crippen LogP contribution in [0.2, 0.25) is 0 Å². The molecule has 8 heteroatoms. The number of fused-ring (bicyclic) bond motifs is 1. The Morgan fingerprint density at radius 2 is 2.00 bits per heavy atom. The molecule has 1 aliphatic heterocycles. The van der Waals surface area contributed by atoms with E-state index in [0.29, 0.717) is 23.5 Å². The van der Waals surface area contributed by atoms with Crippen molar-refractivity contribution in [2.24, 2.45) is 0 Å². The smallest absolute Gasteiger partial charge is 0.217 e. The first-order chi connectivity index (χ1) is 10.1. The third kappa shape index (κ3) is 2.76. The summed E-state index contributed by atoms with van der Waals surface area (Å²) in [6, 6.07) is 1.92. The Bertz CT molecular complexity index is 677. The molecule has 0 radical (unpaired) electrons. The first-order valence-corrected chi connectivity index (χ1v) is 7.26. The van der Waals surface area contributed by atoms with Crippen molar-refractivity contribution in [1.29, 1.82) is 0 Å². The predicted octanol–water partition coefficient (Wildman–Crippen LogP) is 3.76. The lowest BCUT2D eigenvalue weighted by molar-refractivity contribution is 0.172. The normalized spacial score (nSPS) is 18.2. The quantitative estimate of drug-likeness (QED) is 0.764. The summed E-state index contributed by atoms with van der Waals surface area (Å²) >= 11 is 3.18. The van der Waals surface area contributed by atoms with Crippen LogP contribution < -0.4 is 4.74 Å². The molecule has 0 saturated carbocycles. The zero-order valence-corrected chi connectivity index (χ0v) is 12.4. The predicted molar refractivity (Wildman–Crippen MR) is 71.3 cm³/mol. The van der Waals surface area contributed by atoms with Crippen LogP contribution in [-0.4, -0.2) is 14.8 Å². The van der Waals surface area contributed by atoms with Crippen molar-refractivity contribution < 1.29 is 17.9 Å². The van der Waals surface area contributed by atoms with Crippen molar-refractivity contribution in [1.82, 2.24) is 14.8 Å². The molecule has 0 amide bonds. The average Bonchev–Trinajstić information content (AvgIpc) is 2.73. The van der Waals surface area contributed by atoms with Gasteiger partial charge in [0.2, 0.25) is 10.6 Å². The molecule has 1 aromatic heterocycles. The van der Waals surface area contributed by atoms with E-state index in [1.807, 2.05) is 0 Å². The molecule has 21 heavy (non-hydrogen) atoms. The molecule has 0 fully saturated rings. The molecule has 0 spiro atoms. The van der Waals surface area contributed by atoms with Gasteiger partial charge in [-0.2, -0.15) is 4.39 Å². The molecule has 0 aliphatic carbocycles. The SMILES string of the molecule is Fc1ccc(OC2CCCCn3nc(Br)nc32)c(F)c1F. The van der Waals surface area contributed by atoms with E-state index in [1.165, 1.54) is 0 Å². The van der Waals surface area contributed by atoms with Crippen molar-refractivity contribution >= 4 is 15.9 Å².